The van der Waals surface area contributed by atoms with Gasteiger partial charge in [-0.05, 0) is 25.7 Å². The number of rotatable bonds is 5. The summed E-state index contributed by atoms with van der Waals surface area (Å²) in [5.41, 5.74) is 1.66. The second-order valence-electron chi connectivity index (χ2n) is 6.94. The van der Waals surface area contributed by atoms with E-state index in [1.807, 2.05) is 9.58 Å². The first-order valence-corrected chi connectivity index (χ1v) is 8.63. The Bertz CT molecular complexity index is 541. The zero-order valence-corrected chi connectivity index (χ0v) is 15.1. The normalized spacial score (nSPS) is 21.7. The van der Waals surface area contributed by atoms with Gasteiger partial charge in [-0.25, -0.2) is 4.79 Å². The van der Waals surface area contributed by atoms with E-state index in [0.29, 0.717) is 25.6 Å². The van der Waals surface area contributed by atoms with Crippen LogP contribution in [0, 0.1) is 5.92 Å². The number of carbonyl (C=O) groups is 1. The standard InChI is InChI=1S/C17H30N4O2/c1-6-15-14(10-18-21(15)11-13(3)4)19-16(22)20-8-9-23-17(5,7-2)12-20/h10,13H,6-9,11-12H2,1-5H3,(H,19,22). The van der Waals surface area contributed by atoms with E-state index in [4.69, 9.17) is 4.74 Å². The summed E-state index contributed by atoms with van der Waals surface area (Å²) in [7, 11) is 0. The molecule has 2 heterocycles. The molecule has 0 aliphatic carbocycles. The number of nitrogens with one attached hydrogen (secondary N) is 1. The van der Waals surface area contributed by atoms with Crippen LogP contribution in [0.5, 0.6) is 0 Å². The molecule has 0 radical (unpaired) electrons. The second kappa shape index (κ2) is 7.34. The van der Waals surface area contributed by atoms with E-state index in [-0.39, 0.29) is 11.6 Å². The molecule has 0 bridgehead atoms. The van der Waals surface area contributed by atoms with Crippen molar-refractivity contribution in [3.8, 4) is 0 Å². The molecule has 1 aliphatic heterocycles. The Labute approximate surface area is 139 Å². The van der Waals surface area contributed by atoms with Crippen molar-refractivity contribution in [1.29, 1.82) is 0 Å². The predicted octanol–water partition coefficient (Wildman–Crippen LogP) is 3.13. The molecule has 1 saturated heterocycles. The number of amides is 2. The van der Waals surface area contributed by atoms with Gasteiger partial charge in [0, 0.05) is 13.1 Å². The molecule has 6 nitrogen and oxygen atoms in total. The van der Waals surface area contributed by atoms with Crippen LogP contribution < -0.4 is 5.32 Å². The fourth-order valence-electron chi connectivity index (χ4n) is 2.90. The lowest BCUT2D eigenvalue weighted by atomic mass is 10.0. The smallest absolute Gasteiger partial charge is 0.322 e. The summed E-state index contributed by atoms with van der Waals surface area (Å²) in [4.78, 5) is 14.4. The van der Waals surface area contributed by atoms with Crippen molar-refractivity contribution >= 4 is 11.7 Å². The molecular formula is C17H30N4O2. The third-order valence-corrected chi connectivity index (χ3v) is 4.44. The van der Waals surface area contributed by atoms with Crippen LogP contribution in [0.25, 0.3) is 0 Å². The van der Waals surface area contributed by atoms with Crippen molar-refractivity contribution in [1.82, 2.24) is 14.7 Å². The SMILES string of the molecule is CCc1c(NC(=O)N2CCOC(C)(CC)C2)cnn1CC(C)C. The average Bonchev–Trinajstić information content (AvgIpc) is 2.88. The van der Waals surface area contributed by atoms with E-state index >= 15 is 0 Å². The molecule has 2 amide bonds. The molecule has 0 spiro atoms. The summed E-state index contributed by atoms with van der Waals surface area (Å²) in [5, 5.41) is 7.46. The fourth-order valence-corrected chi connectivity index (χ4v) is 2.90. The van der Waals surface area contributed by atoms with Crippen LogP contribution in [0.2, 0.25) is 0 Å². The van der Waals surface area contributed by atoms with Crippen LogP contribution in [-0.2, 0) is 17.7 Å². The van der Waals surface area contributed by atoms with Gasteiger partial charge in [-0.1, -0.05) is 27.7 Å². The Morgan fingerprint density at radius 1 is 1.48 bits per heavy atom. The van der Waals surface area contributed by atoms with Crippen molar-refractivity contribution in [2.24, 2.45) is 5.92 Å². The first-order chi connectivity index (χ1) is 10.9. The number of aromatic nitrogens is 2. The number of hydrogen-bond donors (Lipinski definition) is 1. The summed E-state index contributed by atoms with van der Waals surface area (Å²) in [6.07, 6.45) is 3.50. The number of anilines is 1. The average molecular weight is 322 g/mol. The van der Waals surface area contributed by atoms with E-state index in [1.54, 1.807) is 6.20 Å². The molecular weight excluding hydrogens is 292 g/mol. The van der Waals surface area contributed by atoms with Crippen molar-refractivity contribution in [2.45, 2.75) is 59.6 Å². The van der Waals surface area contributed by atoms with Gasteiger partial charge in [-0.3, -0.25) is 4.68 Å². The van der Waals surface area contributed by atoms with Crippen molar-refractivity contribution < 1.29 is 9.53 Å². The molecule has 2 rings (SSSR count). The molecule has 0 aromatic carbocycles. The Morgan fingerprint density at radius 2 is 2.22 bits per heavy atom. The summed E-state index contributed by atoms with van der Waals surface area (Å²) >= 11 is 0. The monoisotopic (exact) mass is 322 g/mol. The minimum atomic E-state index is -0.245. The van der Waals surface area contributed by atoms with Crippen molar-refractivity contribution in [3.63, 3.8) is 0 Å². The molecule has 130 valence electrons. The van der Waals surface area contributed by atoms with Gasteiger partial charge in [0.05, 0.1) is 36.3 Å². The van der Waals surface area contributed by atoms with Gasteiger partial charge in [-0.15, -0.1) is 0 Å². The summed E-state index contributed by atoms with van der Waals surface area (Å²) in [6.45, 7) is 13.3. The Balaban J connectivity index is 2.07. The summed E-state index contributed by atoms with van der Waals surface area (Å²) < 4.78 is 7.80. The maximum absolute atomic E-state index is 12.6. The van der Waals surface area contributed by atoms with Crippen molar-refractivity contribution in [3.05, 3.63) is 11.9 Å². The molecule has 1 aromatic rings. The Hall–Kier alpha value is -1.56. The highest BCUT2D eigenvalue weighted by atomic mass is 16.5. The Kier molecular flexibility index (Phi) is 5.68. The van der Waals surface area contributed by atoms with Gasteiger partial charge in [0.15, 0.2) is 0 Å². The molecule has 0 saturated carbocycles. The first kappa shape index (κ1) is 17.8. The Morgan fingerprint density at radius 3 is 2.83 bits per heavy atom. The number of urea groups is 1. The lowest BCUT2D eigenvalue weighted by Gasteiger charge is -2.39. The van der Waals surface area contributed by atoms with Crippen LogP contribution in [0.3, 0.4) is 0 Å². The third kappa shape index (κ3) is 4.25. The lowest BCUT2D eigenvalue weighted by molar-refractivity contribution is -0.0860. The van der Waals surface area contributed by atoms with Gasteiger partial charge in [0.2, 0.25) is 0 Å². The topological polar surface area (TPSA) is 59.4 Å². The highest BCUT2D eigenvalue weighted by Gasteiger charge is 2.32. The van der Waals surface area contributed by atoms with Crippen LogP contribution >= 0.6 is 0 Å². The number of ether oxygens (including phenoxy) is 1. The third-order valence-electron chi connectivity index (χ3n) is 4.44. The molecule has 23 heavy (non-hydrogen) atoms. The van der Waals surface area contributed by atoms with E-state index in [1.165, 1.54) is 0 Å². The van der Waals surface area contributed by atoms with Gasteiger partial charge in [0.1, 0.15) is 0 Å². The minimum absolute atomic E-state index is 0.0632. The molecule has 6 heteroatoms. The second-order valence-corrected chi connectivity index (χ2v) is 6.94. The van der Waals surface area contributed by atoms with E-state index in [2.05, 4.69) is 45.0 Å². The zero-order chi connectivity index (χ0) is 17.0. The molecule has 1 aliphatic rings. The van der Waals surface area contributed by atoms with Gasteiger partial charge >= 0.3 is 6.03 Å². The summed E-state index contributed by atoms with van der Waals surface area (Å²) in [6, 6.07) is -0.0632. The van der Waals surface area contributed by atoms with Crippen LogP contribution in [0.4, 0.5) is 10.5 Å². The highest BCUT2D eigenvalue weighted by molar-refractivity contribution is 5.90. The van der Waals surface area contributed by atoms with Gasteiger partial charge in [0.25, 0.3) is 0 Å². The minimum Gasteiger partial charge on any atom is -0.372 e. The molecule has 1 fully saturated rings. The maximum Gasteiger partial charge on any atom is 0.322 e. The van der Waals surface area contributed by atoms with Crippen LogP contribution in [0.15, 0.2) is 6.20 Å². The largest absolute Gasteiger partial charge is 0.372 e. The van der Waals surface area contributed by atoms with Crippen LogP contribution in [-0.4, -0.2) is 46.0 Å². The summed E-state index contributed by atoms with van der Waals surface area (Å²) in [5.74, 6) is 0.522. The highest BCUT2D eigenvalue weighted by Crippen LogP contribution is 2.23. The fraction of sp³-hybridized carbons (Fsp3) is 0.765. The molecule has 1 N–H and O–H groups in total. The van der Waals surface area contributed by atoms with Gasteiger partial charge < -0.3 is 15.0 Å². The van der Waals surface area contributed by atoms with E-state index in [0.717, 1.165) is 30.8 Å². The van der Waals surface area contributed by atoms with Gasteiger partial charge in [-0.2, -0.15) is 5.10 Å². The number of morpholine rings is 1. The van der Waals surface area contributed by atoms with E-state index in [9.17, 15) is 4.79 Å². The lowest BCUT2D eigenvalue weighted by Crippen LogP contribution is -2.53. The molecule has 1 unspecified atom stereocenters. The number of nitrogens with zero attached hydrogens (tertiary/aromatic N) is 3. The predicted molar refractivity (Wildman–Crippen MR) is 91.7 cm³/mol. The first-order valence-electron chi connectivity index (χ1n) is 8.63. The quantitative estimate of drug-likeness (QED) is 0.906. The zero-order valence-electron chi connectivity index (χ0n) is 15.1. The molecule has 1 aromatic heterocycles. The number of hydrogen-bond acceptors (Lipinski definition) is 3. The van der Waals surface area contributed by atoms with Crippen molar-refractivity contribution in [2.75, 3.05) is 25.0 Å². The van der Waals surface area contributed by atoms with E-state index < -0.39 is 0 Å². The molecule has 1 atom stereocenters. The maximum atomic E-state index is 12.6. The number of carbonyl (C=O) groups excluding carboxylic acids is 1. The van der Waals surface area contributed by atoms with Crippen LogP contribution in [0.1, 0.15) is 46.7 Å².